The van der Waals surface area contributed by atoms with Crippen molar-refractivity contribution in [1.29, 1.82) is 0 Å². The highest BCUT2D eigenvalue weighted by molar-refractivity contribution is 5.84. The van der Waals surface area contributed by atoms with Crippen molar-refractivity contribution >= 4 is 16.7 Å². The summed E-state index contributed by atoms with van der Waals surface area (Å²) in [6.45, 7) is 0.485. The van der Waals surface area contributed by atoms with E-state index in [1.807, 2.05) is 18.2 Å². The van der Waals surface area contributed by atoms with E-state index in [1.165, 1.54) is 51.0 Å². The van der Waals surface area contributed by atoms with E-state index in [0.29, 0.717) is 18.4 Å². The van der Waals surface area contributed by atoms with Gasteiger partial charge in [-0.2, -0.15) is 0 Å². The predicted molar refractivity (Wildman–Crippen MR) is 125 cm³/mol. The topological polar surface area (TPSA) is 46.2 Å². The molecule has 0 saturated heterocycles. The molecule has 3 aromatic carbocycles. The fourth-order valence-corrected chi connectivity index (χ4v) is 4.03. The summed E-state index contributed by atoms with van der Waals surface area (Å²) in [5, 5.41) is 4.45. The first-order valence-corrected chi connectivity index (χ1v) is 11.8. The lowest BCUT2D eigenvalue weighted by Gasteiger charge is -2.07. The van der Waals surface area contributed by atoms with Crippen molar-refractivity contribution in [1.82, 2.24) is 5.32 Å². The Labute approximate surface area is 184 Å². The third-order valence-electron chi connectivity index (χ3n) is 6.02. The van der Waals surface area contributed by atoms with Crippen LogP contribution < -0.4 is 10.7 Å². The average Bonchev–Trinajstić information content (AvgIpc) is 3.48. The molecule has 3 rings (SSSR count). The molecule has 4 heteroatoms. The first-order valence-electron chi connectivity index (χ1n) is 11.8. The maximum atomic E-state index is 13.7. The minimum atomic E-state index is -0.214. The summed E-state index contributed by atoms with van der Waals surface area (Å²) in [6.07, 6.45) is 13.5. The van der Waals surface area contributed by atoms with Gasteiger partial charge in [0.15, 0.2) is 5.43 Å². The van der Waals surface area contributed by atoms with Crippen LogP contribution in [0.5, 0.6) is 0 Å². The van der Waals surface area contributed by atoms with Crippen molar-refractivity contribution in [3.05, 3.63) is 69.6 Å². The molecule has 31 heavy (non-hydrogen) atoms. The van der Waals surface area contributed by atoms with Gasteiger partial charge in [0, 0.05) is 23.9 Å². The van der Waals surface area contributed by atoms with Gasteiger partial charge in [0.1, 0.15) is 5.82 Å². The van der Waals surface area contributed by atoms with Crippen LogP contribution >= 0.6 is 0 Å². The largest absolute Gasteiger partial charge is 0.352 e. The molecule has 0 aliphatic carbocycles. The molecule has 0 radical (unpaired) electrons. The lowest BCUT2D eigenvalue weighted by atomic mass is 10.0. The number of fused-ring (bicyclic) bond motifs is 1. The molecule has 0 aliphatic rings. The highest BCUT2D eigenvalue weighted by atomic mass is 19.1. The molecule has 3 aromatic rings. The average molecular weight is 424 g/mol. The second-order valence-electron chi connectivity index (χ2n) is 8.64. The van der Waals surface area contributed by atoms with Crippen molar-refractivity contribution in [3.8, 4) is 0 Å². The number of carbonyl (C=O) groups is 1. The molecule has 0 fully saturated rings. The molecular formula is C27H34FNO2. The Hall–Kier alpha value is -2.49. The number of nitrogens with one attached hydrogen (secondary N) is 1. The summed E-state index contributed by atoms with van der Waals surface area (Å²) in [5.41, 5.74) is 2.30. The van der Waals surface area contributed by atoms with Gasteiger partial charge in [0.2, 0.25) is 5.91 Å². The Bertz CT molecular complexity index is 971. The summed E-state index contributed by atoms with van der Waals surface area (Å²) < 4.78 is 13.7. The highest BCUT2D eigenvalue weighted by Gasteiger charge is 2.06. The molecule has 0 bridgehead atoms. The van der Waals surface area contributed by atoms with Gasteiger partial charge >= 0.3 is 0 Å². The van der Waals surface area contributed by atoms with Gasteiger partial charge in [0.05, 0.1) is 0 Å². The third kappa shape index (κ3) is 8.28. The molecule has 166 valence electrons. The van der Waals surface area contributed by atoms with Crippen LogP contribution in [0.2, 0.25) is 0 Å². The van der Waals surface area contributed by atoms with Gasteiger partial charge in [-0.05, 0) is 48.4 Å². The molecular weight excluding hydrogens is 389 g/mol. The van der Waals surface area contributed by atoms with Crippen molar-refractivity contribution in [2.45, 2.75) is 83.6 Å². The first kappa shape index (κ1) is 23.2. The SMILES string of the molecule is O=C(CCCCCCCCCCCCc1cc1=O)NCc1ccc2c(F)cccc2c1. The van der Waals surface area contributed by atoms with Crippen LogP contribution in [0.15, 0.2) is 47.3 Å². The van der Waals surface area contributed by atoms with Crippen LogP contribution in [-0.2, 0) is 17.8 Å². The quantitative estimate of drug-likeness (QED) is 0.289. The zero-order valence-electron chi connectivity index (χ0n) is 18.4. The molecule has 0 unspecified atom stereocenters. The van der Waals surface area contributed by atoms with Crippen LogP contribution in [0, 0.1) is 5.82 Å². The summed E-state index contributed by atoms with van der Waals surface area (Å²) in [7, 11) is 0. The Balaban J connectivity index is 1.15. The van der Waals surface area contributed by atoms with Crippen LogP contribution in [0.1, 0.15) is 81.8 Å². The molecule has 3 nitrogen and oxygen atoms in total. The molecule has 0 aliphatic heterocycles. The Kier molecular flexibility index (Phi) is 9.26. The zero-order valence-corrected chi connectivity index (χ0v) is 18.4. The highest BCUT2D eigenvalue weighted by Crippen LogP contribution is 2.19. The molecule has 1 N–H and O–H groups in total. The lowest BCUT2D eigenvalue weighted by Crippen LogP contribution is -2.22. The molecule has 0 heterocycles. The van der Waals surface area contributed by atoms with Gasteiger partial charge in [-0.3, -0.25) is 9.59 Å². The Morgan fingerprint density at radius 2 is 1.45 bits per heavy atom. The Morgan fingerprint density at radius 3 is 2.13 bits per heavy atom. The Morgan fingerprint density at radius 1 is 0.806 bits per heavy atom. The first-order chi connectivity index (χ1) is 15.1. The molecule has 1 amide bonds. The van der Waals surface area contributed by atoms with E-state index in [1.54, 1.807) is 18.2 Å². The second-order valence-corrected chi connectivity index (χ2v) is 8.64. The number of amides is 1. The van der Waals surface area contributed by atoms with Crippen molar-refractivity contribution < 1.29 is 9.18 Å². The number of hydrogen-bond donors (Lipinski definition) is 1. The summed E-state index contributed by atoms with van der Waals surface area (Å²) in [6, 6.07) is 12.4. The third-order valence-corrected chi connectivity index (χ3v) is 6.02. The molecule has 0 spiro atoms. The van der Waals surface area contributed by atoms with Crippen molar-refractivity contribution in [3.63, 3.8) is 0 Å². The van der Waals surface area contributed by atoms with E-state index in [4.69, 9.17) is 0 Å². The second kappa shape index (κ2) is 12.4. The smallest absolute Gasteiger partial charge is 0.220 e. The maximum Gasteiger partial charge on any atom is 0.220 e. The van der Waals surface area contributed by atoms with Gasteiger partial charge < -0.3 is 5.32 Å². The number of carbonyl (C=O) groups excluding carboxylic acids is 1. The monoisotopic (exact) mass is 423 g/mol. The predicted octanol–water partition coefficient (Wildman–Crippen LogP) is 6.36. The number of rotatable bonds is 15. The van der Waals surface area contributed by atoms with Gasteiger partial charge in [-0.1, -0.05) is 75.6 Å². The fourth-order valence-electron chi connectivity index (χ4n) is 4.03. The lowest BCUT2D eigenvalue weighted by molar-refractivity contribution is -0.121. The summed E-state index contributed by atoms with van der Waals surface area (Å²) >= 11 is 0. The summed E-state index contributed by atoms with van der Waals surface area (Å²) in [4.78, 5) is 22.9. The number of halogens is 1. The number of hydrogen-bond acceptors (Lipinski definition) is 2. The number of unbranched alkanes of at least 4 members (excludes halogenated alkanes) is 9. The van der Waals surface area contributed by atoms with Crippen LogP contribution in [0.4, 0.5) is 4.39 Å². The van der Waals surface area contributed by atoms with E-state index < -0.39 is 0 Å². The van der Waals surface area contributed by atoms with Gasteiger partial charge in [0.25, 0.3) is 0 Å². The van der Waals surface area contributed by atoms with Crippen LogP contribution in [0.25, 0.3) is 10.8 Å². The standard InChI is InChI=1S/C27H34FNO2/c28-25-14-11-13-22-18-21(16-17-24(22)25)20-29-27(31)15-10-8-6-4-2-1-3-5-7-9-12-23-19-26(23)30/h11,13-14,16-19H,1-10,12,15,20H2,(H,29,31). The number of aryl methyl sites for hydroxylation is 1. The molecule has 0 atom stereocenters. The minimum absolute atomic E-state index is 0.0861. The maximum absolute atomic E-state index is 13.7. The summed E-state index contributed by atoms with van der Waals surface area (Å²) in [5.74, 6) is -0.128. The van der Waals surface area contributed by atoms with Crippen LogP contribution in [-0.4, -0.2) is 5.91 Å². The van der Waals surface area contributed by atoms with E-state index in [0.717, 1.165) is 42.2 Å². The van der Waals surface area contributed by atoms with Gasteiger partial charge in [-0.25, -0.2) is 4.39 Å². The van der Waals surface area contributed by atoms with E-state index >= 15 is 0 Å². The normalized spacial score (nSPS) is 11.4. The number of benzene rings is 2. The van der Waals surface area contributed by atoms with Crippen molar-refractivity contribution in [2.24, 2.45) is 0 Å². The van der Waals surface area contributed by atoms with Gasteiger partial charge in [-0.15, -0.1) is 0 Å². The fraction of sp³-hybridized carbons (Fsp3) is 0.481. The van der Waals surface area contributed by atoms with E-state index in [9.17, 15) is 14.0 Å². The van der Waals surface area contributed by atoms with E-state index in [-0.39, 0.29) is 17.2 Å². The van der Waals surface area contributed by atoms with Crippen LogP contribution in [0.3, 0.4) is 0 Å². The van der Waals surface area contributed by atoms with Crippen molar-refractivity contribution in [2.75, 3.05) is 0 Å². The molecule has 0 aromatic heterocycles. The van der Waals surface area contributed by atoms with E-state index in [2.05, 4.69) is 5.32 Å². The zero-order chi connectivity index (χ0) is 21.9. The minimum Gasteiger partial charge on any atom is -0.352 e. The molecule has 0 saturated carbocycles.